The quantitative estimate of drug-likeness (QED) is 0.286. The van der Waals surface area contributed by atoms with Crippen molar-refractivity contribution in [3.05, 3.63) is 36.0 Å². The van der Waals surface area contributed by atoms with Crippen molar-refractivity contribution in [3.8, 4) is 0 Å². The zero-order valence-corrected chi connectivity index (χ0v) is 23.5. The predicted molar refractivity (Wildman–Crippen MR) is 147 cm³/mol. The highest BCUT2D eigenvalue weighted by atomic mass is 16.6. The third kappa shape index (κ3) is 9.72. The van der Waals surface area contributed by atoms with Gasteiger partial charge in [0, 0.05) is 23.5 Å². The predicted octanol–water partition coefficient (Wildman–Crippen LogP) is 3.15. The number of H-pyrrole nitrogens is 1. The molecule has 0 spiro atoms. The Labute approximate surface area is 224 Å². The Morgan fingerprint density at radius 3 is 2.00 bits per heavy atom. The number of benzene rings is 1. The number of fused-ring (bicyclic) bond motifs is 1. The zero-order valence-electron chi connectivity index (χ0n) is 23.5. The van der Waals surface area contributed by atoms with Crippen molar-refractivity contribution in [1.29, 1.82) is 0 Å². The number of alkyl carbamates (subject to hydrolysis) is 1. The first-order valence-electron chi connectivity index (χ1n) is 13.1. The van der Waals surface area contributed by atoms with Crippen molar-refractivity contribution < 1.29 is 23.9 Å². The summed E-state index contributed by atoms with van der Waals surface area (Å²) >= 11 is 0. The average Bonchev–Trinajstić information content (AvgIpc) is 3.18. The van der Waals surface area contributed by atoms with Crippen molar-refractivity contribution in [3.63, 3.8) is 0 Å². The fourth-order valence-corrected chi connectivity index (χ4v) is 4.14. The number of carbonyl (C=O) groups is 4. The minimum absolute atomic E-state index is 0.0639. The lowest BCUT2D eigenvalue weighted by molar-refractivity contribution is -0.132. The Morgan fingerprint density at radius 1 is 0.868 bits per heavy atom. The van der Waals surface area contributed by atoms with Crippen LogP contribution in [0.2, 0.25) is 0 Å². The van der Waals surface area contributed by atoms with Crippen LogP contribution in [0.1, 0.15) is 66.9 Å². The van der Waals surface area contributed by atoms with Crippen LogP contribution in [0.4, 0.5) is 4.79 Å². The van der Waals surface area contributed by atoms with Crippen LogP contribution in [-0.4, -0.2) is 52.5 Å². The molecule has 0 fully saturated rings. The highest BCUT2D eigenvalue weighted by molar-refractivity contribution is 5.94. The van der Waals surface area contributed by atoms with Gasteiger partial charge in [-0.15, -0.1) is 0 Å². The molecule has 0 aliphatic carbocycles. The lowest BCUT2D eigenvalue weighted by Crippen LogP contribution is -2.57. The molecule has 10 nitrogen and oxygen atoms in total. The van der Waals surface area contributed by atoms with Crippen LogP contribution in [-0.2, 0) is 25.5 Å². The first-order valence-corrected chi connectivity index (χ1v) is 13.1. The third-order valence-electron chi connectivity index (χ3n) is 5.81. The second-order valence-corrected chi connectivity index (χ2v) is 11.5. The monoisotopic (exact) mass is 529 g/mol. The highest BCUT2D eigenvalue weighted by Crippen LogP contribution is 2.20. The number of primary amides is 1. The van der Waals surface area contributed by atoms with Gasteiger partial charge >= 0.3 is 6.09 Å². The van der Waals surface area contributed by atoms with Gasteiger partial charge in [-0.3, -0.25) is 14.4 Å². The van der Waals surface area contributed by atoms with Gasteiger partial charge in [-0.1, -0.05) is 45.9 Å². The molecular formula is C28H43N5O5. The normalized spacial score (nSPS) is 14.1. The zero-order chi connectivity index (χ0) is 28.6. The molecule has 2 aromatic rings. The number of nitrogens with one attached hydrogen (secondary N) is 4. The average molecular weight is 530 g/mol. The summed E-state index contributed by atoms with van der Waals surface area (Å²) in [6.07, 6.45) is 1.93. The van der Waals surface area contributed by atoms with E-state index in [4.69, 9.17) is 10.5 Å². The highest BCUT2D eigenvalue weighted by Gasteiger charge is 2.31. The number of rotatable bonds is 12. The third-order valence-corrected chi connectivity index (χ3v) is 5.81. The lowest BCUT2D eigenvalue weighted by atomic mass is 9.99. The standard InChI is InChI=1S/C28H43N5O5/c1-16(2)12-21(24(29)34)31-25(35)22(13-17(3)4)32-26(36)23(33-27(37)38-28(5,6)7)14-18-15-30-20-11-9-8-10-19(18)20/h8-11,15-17,21-23,30H,12-14H2,1-7H3,(H2,29,34)(H,31,35)(H,32,36)(H,33,37). The molecule has 1 aromatic carbocycles. The molecule has 0 aliphatic rings. The number of aromatic nitrogens is 1. The van der Waals surface area contributed by atoms with E-state index in [1.807, 2.05) is 52.0 Å². The van der Waals surface area contributed by atoms with Gasteiger partial charge in [0.1, 0.15) is 23.7 Å². The van der Waals surface area contributed by atoms with E-state index >= 15 is 0 Å². The molecule has 10 heteroatoms. The first-order chi connectivity index (χ1) is 17.7. The molecule has 3 unspecified atom stereocenters. The molecule has 210 valence electrons. The summed E-state index contributed by atoms with van der Waals surface area (Å²) in [4.78, 5) is 54.5. The molecule has 3 atom stereocenters. The fourth-order valence-electron chi connectivity index (χ4n) is 4.14. The topological polar surface area (TPSA) is 155 Å². The van der Waals surface area contributed by atoms with Crippen LogP contribution in [0.5, 0.6) is 0 Å². The number of hydrogen-bond donors (Lipinski definition) is 5. The van der Waals surface area contributed by atoms with E-state index in [9.17, 15) is 19.2 Å². The number of carbonyl (C=O) groups excluding carboxylic acids is 4. The summed E-state index contributed by atoms with van der Waals surface area (Å²) in [5.74, 6) is -1.48. The molecule has 2 rings (SSSR count). The molecule has 0 radical (unpaired) electrons. The van der Waals surface area contributed by atoms with Gasteiger partial charge in [-0.25, -0.2) is 4.79 Å². The van der Waals surface area contributed by atoms with Crippen molar-refractivity contribution in [2.45, 2.75) is 91.5 Å². The van der Waals surface area contributed by atoms with Crippen molar-refractivity contribution in [1.82, 2.24) is 20.9 Å². The summed E-state index contributed by atoms with van der Waals surface area (Å²) in [5, 5.41) is 9.07. The van der Waals surface area contributed by atoms with Crippen LogP contribution in [0.25, 0.3) is 10.9 Å². The summed E-state index contributed by atoms with van der Waals surface area (Å²) in [5.41, 5.74) is 6.48. The Bertz CT molecular complexity index is 1120. The summed E-state index contributed by atoms with van der Waals surface area (Å²) < 4.78 is 5.39. The number of nitrogens with two attached hydrogens (primary N) is 1. The van der Waals surface area contributed by atoms with E-state index in [0.29, 0.717) is 12.8 Å². The van der Waals surface area contributed by atoms with Crippen molar-refractivity contribution >= 4 is 34.7 Å². The second kappa shape index (κ2) is 13.3. The molecule has 0 saturated carbocycles. The van der Waals surface area contributed by atoms with Gasteiger partial charge in [0.15, 0.2) is 0 Å². The molecule has 1 heterocycles. The van der Waals surface area contributed by atoms with E-state index in [1.165, 1.54) is 0 Å². The van der Waals surface area contributed by atoms with Gasteiger partial charge in [0.2, 0.25) is 17.7 Å². The second-order valence-electron chi connectivity index (χ2n) is 11.5. The van der Waals surface area contributed by atoms with Crippen LogP contribution < -0.4 is 21.7 Å². The number of hydrogen-bond acceptors (Lipinski definition) is 5. The maximum atomic E-state index is 13.5. The van der Waals surface area contributed by atoms with Crippen LogP contribution in [0.3, 0.4) is 0 Å². The maximum Gasteiger partial charge on any atom is 0.408 e. The van der Waals surface area contributed by atoms with Gasteiger partial charge < -0.3 is 31.4 Å². The number of amides is 4. The van der Waals surface area contributed by atoms with Crippen LogP contribution >= 0.6 is 0 Å². The molecule has 0 saturated heterocycles. The van der Waals surface area contributed by atoms with E-state index in [1.54, 1.807) is 27.0 Å². The van der Waals surface area contributed by atoms with Gasteiger partial charge in [0.25, 0.3) is 0 Å². The minimum atomic E-state index is -1.02. The molecule has 1 aromatic heterocycles. The molecule has 38 heavy (non-hydrogen) atoms. The van der Waals surface area contributed by atoms with Gasteiger partial charge in [0.05, 0.1) is 0 Å². The summed E-state index contributed by atoms with van der Waals surface area (Å²) in [6.45, 7) is 12.9. The van der Waals surface area contributed by atoms with E-state index in [0.717, 1.165) is 16.5 Å². The minimum Gasteiger partial charge on any atom is -0.444 e. The maximum absolute atomic E-state index is 13.5. The Morgan fingerprint density at radius 2 is 1.42 bits per heavy atom. The number of ether oxygens (including phenoxy) is 1. The smallest absolute Gasteiger partial charge is 0.408 e. The number of para-hydroxylation sites is 1. The molecule has 6 N–H and O–H groups in total. The summed E-state index contributed by atoms with van der Waals surface area (Å²) in [6, 6.07) is 4.85. The van der Waals surface area contributed by atoms with E-state index < -0.39 is 47.5 Å². The van der Waals surface area contributed by atoms with Gasteiger partial charge in [-0.2, -0.15) is 0 Å². The Kier molecular flexibility index (Phi) is 10.7. The van der Waals surface area contributed by atoms with Crippen molar-refractivity contribution in [2.75, 3.05) is 0 Å². The molecular weight excluding hydrogens is 486 g/mol. The number of aromatic amines is 1. The molecule has 4 amide bonds. The SMILES string of the molecule is CC(C)CC(NC(=O)C(CC(C)C)NC(=O)C(Cc1c[nH]c2ccccc12)NC(=O)OC(C)(C)C)C(N)=O. The van der Waals surface area contributed by atoms with Gasteiger partial charge in [-0.05, 0) is 57.1 Å². The largest absolute Gasteiger partial charge is 0.444 e. The Balaban J connectivity index is 2.29. The first kappa shape index (κ1) is 30.7. The lowest BCUT2D eigenvalue weighted by Gasteiger charge is -2.27. The van der Waals surface area contributed by atoms with Crippen LogP contribution in [0.15, 0.2) is 30.5 Å². The van der Waals surface area contributed by atoms with E-state index in [2.05, 4.69) is 20.9 Å². The van der Waals surface area contributed by atoms with Crippen molar-refractivity contribution in [2.24, 2.45) is 17.6 Å². The van der Waals surface area contributed by atoms with E-state index in [-0.39, 0.29) is 18.3 Å². The fraction of sp³-hybridized carbons (Fsp3) is 0.571. The van der Waals surface area contributed by atoms with Crippen LogP contribution in [0, 0.1) is 11.8 Å². The Hall–Kier alpha value is -3.56. The summed E-state index contributed by atoms with van der Waals surface area (Å²) in [7, 11) is 0. The molecule has 0 aliphatic heterocycles. The molecule has 0 bridgehead atoms.